The Morgan fingerprint density at radius 3 is 2.61 bits per heavy atom. The molecular formula is C17H16N2O3S. The molecule has 3 aromatic rings. The zero-order valence-electron chi connectivity index (χ0n) is 12.7. The molecule has 6 heteroatoms. The molecule has 1 aliphatic rings. The van der Waals surface area contributed by atoms with E-state index in [0.717, 1.165) is 22.2 Å². The summed E-state index contributed by atoms with van der Waals surface area (Å²) in [7, 11) is -1.42. The van der Waals surface area contributed by atoms with Crippen molar-refractivity contribution in [1.29, 1.82) is 0 Å². The van der Waals surface area contributed by atoms with E-state index in [2.05, 4.69) is 0 Å². The Balaban J connectivity index is 1.84. The van der Waals surface area contributed by atoms with E-state index in [1.165, 1.54) is 0 Å². The molecule has 0 aliphatic carbocycles. The highest BCUT2D eigenvalue weighted by atomic mass is 32.2. The third kappa shape index (κ3) is 2.13. The Labute approximate surface area is 133 Å². The molecule has 1 aliphatic heterocycles. The third-order valence-corrected chi connectivity index (χ3v) is 6.29. The van der Waals surface area contributed by atoms with Crippen LogP contribution >= 0.6 is 0 Å². The molecule has 0 saturated carbocycles. The molecule has 0 N–H and O–H groups in total. The maximum atomic E-state index is 12.5. The van der Waals surface area contributed by atoms with Gasteiger partial charge in [-0.1, -0.05) is 24.3 Å². The van der Waals surface area contributed by atoms with Crippen LogP contribution in [-0.2, 0) is 29.9 Å². The summed E-state index contributed by atoms with van der Waals surface area (Å²) in [5.74, 6) is 0.181. The second-order valence-electron chi connectivity index (χ2n) is 5.93. The van der Waals surface area contributed by atoms with Crippen molar-refractivity contribution in [3.8, 4) is 0 Å². The lowest BCUT2D eigenvalue weighted by Gasteiger charge is -2.06. The van der Waals surface area contributed by atoms with Gasteiger partial charge in [0.15, 0.2) is 9.84 Å². The minimum atomic E-state index is -3.16. The van der Waals surface area contributed by atoms with Gasteiger partial charge in [0.1, 0.15) is 0 Å². The highest BCUT2D eigenvalue weighted by molar-refractivity contribution is 7.91. The molecule has 0 spiro atoms. The number of hydrogen-bond acceptors (Lipinski definition) is 3. The molecule has 2 heterocycles. The van der Waals surface area contributed by atoms with Crippen LogP contribution in [0.4, 0.5) is 0 Å². The minimum Gasteiger partial charge on any atom is -0.295 e. The van der Waals surface area contributed by atoms with Crippen molar-refractivity contribution < 1.29 is 8.42 Å². The molecule has 118 valence electrons. The zero-order chi connectivity index (χ0) is 16.2. The van der Waals surface area contributed by atoms with Crippen LogP contribution in [-0.4, -0.2) is 23.3 Å². The van der Waals surface area contributed by atoms with Gasteiger partial charge < -0.3 is 0 Å². The number of imidazole rings is 1. The maximum absolute atomic E-state index is 12.5. The summed E-state index contributed by atoms with van der Waals surface area (Å²) in [6.07, 6.45) is 0.576. The Bertz CT molecular complexity index is 1090. The van der Waals surface area contributed by atoms with E-state index in [1.54, 1.807) is 22.2 Å². The van der Waals surface area contributed by atoms with Gasteiger partial charge in [0, 0.05) is 7.05 Å². The second-order valence-corrected chi connectivity index (χ2v) is 8.00. The average molecular weight is 328 g/mol. The molecule has 0 amide bonds. The third-order valence-electron chi connectivity index (χ3n) is 4.50. The van der Waals surface area contributed by atoms with Gasteiger partial charge in [-0.15, -0.1) is 0 Å². The average Bonchev–Trinajstić information content (AvgIpc) is 2.98. The molecule has 0 atom stereocenters. The van der Waals surface area contributed by atoms with Crippen molar-refractivity contribution in [3.05, 3.63) is 64.1 Å². The van der Waals surface area contributed by atoms with Gasteiger partial charge in [0.05, 0.1) is 28.2 Å². The molecule has 23 heavy (non-hydrogen) atoms. The van der Waals surface area contributed by atoms with E-state index in [4.69, 9.17) is 0 Å². The molecule has 1 aromatic heterocycles. The largest absolute Gasteiger partial charge is 0.329 e. The number of para-hydroxylation sites is 2. The van der Waals surface area contributed by atoms with Gasteiger partial charge in [-0.3, -0.25) is 9.13 Å². The SMILES string of the molecule is Cn1c(=O)n(Cc2ccc3c(c2)S(=O)(=O)CC3)c2ccccc21. The van der Waals surface area contributed by atoms with Gasteiger partial charge in [-0.05, 0) is 35.7 Å². The number of fused-ring (bicyclic) bond motifs is 2. The zero-order valence-corrected chi connectivity index (χ0v) is 13.5. The molecule has 0 radical (unpaired) electrons. The minimum absolute atomic E-state index is 0.102. The molecule has 0 bridgehead atoms. The molecule has 5 nitrogen and oxygen atoms in total. The Kier molecular flexibility index (Phi) is 2.99. The van der Waals surface area contributed by atoms with Crippen LogP contribution in [0.1, 0.15) is 11.1 Å². The smallest absolute Gasteiger partial charge is 0.295 e. The summed E-state index contributed by atoms with van der Waals surface area (Å²) in [4.78, 5) is 12.9. The Morgan fingerprint density at radius 2 is 1.83 bits per heavy atom. The van der Waals surface area contributed by atoms with Crippen LogP contribution in [0.5, 0.6) is 0 Å². The van der Waals surface area contributed by atoms with Gasteiger partial charge in [0.25, 0.3) is 0 Å². The van der Waals surface area contributed by atoms with Crippen molar-refractivity contribution in [3.63, 3.8) is 0 Å². The first-order chi connectivity index (χ1) is 11.0. The van der Waals surface area contributed by atoms with E-state index in [-0.39, 0.29) is 11.4 Å². The van der Waals surface area contributed by atoms with E-state index in [0.29, 0.717) is 17.9 Å². The number of hydrogen-bond donors (Lipinski definition) is 0. The predicted octanol–water partition coefficient (Wildman–Crippen LogP) is 1.72. The van der Waals surface area contributed by atoms with E-state index < -0.39 is 9.84 Å². The molecule has 0 fully saturated rings. The molecular weight excluding hydrogens is 312 g/mol. The normalized spacial score (nSPS) is 15.9. The van der Waals surface area contributed by atoms with Crippen molar-refractivity contribution in [2.45, 2.75) is 17.9 Å². The van der Waals surface area contributed by atoms with Crippen molar-refractivity contribution in [1.82, 2.24) is 9.13 Å². The first-order valence-electron chi connectivity index (χ1n) is 7.46. The van der Waals surface area contributed by atoms with Crippen LogP contribution in [0.15, 0.2) is 52.2 Å². The summed E-state index contributed by atoms with van der Waals surface area (Å²) in [6, 6.07) is 13.1. The maximum Gasteiger partial charge on any atom is 0.329 e. The second kappa shape index (κ2) is 4.83. The number of aryl methyl sites for hydroxylation is 2. The summed E-state index contributed by atoms with van der Waals surface area (Å²) in [6.45, 7) is 0.364. The lowest BCUT2D eigenvalue weighted by atomic mass is 10.1. The fourth-order valence-corrected chi connectivity index (χ4v) is 4.86. The Morgan fingerprint density at radius 1 is 1.09 bits per heavy atom. The number of benzene rings is 2. The topological polar surface area (TPSA) is 61.1 Å². The highest BCUT2D eigenvalue weighted by Crippen LogP contribution is 2.27. The standard InChI is InChI=1S/C17H16N2O3S/c1-18-14-4-2-3-5-15(14)19(17(18)20)11-12-6-7-13-8-9-23(21,22)16(13)10-12/h2-7,10H,8-9,11H2,1H3. The van der Waals surface area contributed by atoms with Crippen LogP contribution in [0, 0.1) is 0 Å². The molecule has 0 saturated heterocycles. The highest BCUT2D eigenvalue weighted by Gasteiger charge is 2.26. The summed E-state index contributed by atoms with van der Waals surface area (Å²) >= 11 is 0. The first-order valence-corrected chi connectivity index (χ1v) is 9.11. The number of nitrogens with zero attached hydrogens (tertiary/aromatic N) is 2. The lowest BCUT2D eigenvalue weighted by molar-refractivity contribution is 0.599. The quantitative estimate of drug-likeness (QED) is 0.719. The predicted molar refractivity (Wildman–Crippen MR) is 88.5 cm³/mol. The van der Waals surface area contributed by atoms with E-state index >= 15 is 0 Å². The van der Waals surface area contributed by atoms with E-state index in [9.17, 15) is 13.2 Å². The Hall–Kier alpha value is -2.34. The fourth-order valence-electron chi connectivity index (χ4n) is 3.25. The van der Waals surface area contributed by atoms with Gasteiger partial charge in [-0.25, -0.2) is 13.2 Å². The number of aromatic nitrogens is 2. The molecule has 0 unspecified atom stereocenters. The number of rotatable bonds is 2. The lowest BCUT2D eigenvalue weighted by Crippen LogP contribution is -2.22. The summed E-state index contributed by atoms with van der Waals surface area (Å²) in [5.41, 5.74) is 3.32. The van der Waals surface area contributed by atoms with Gasteiger partial charge in [-0.2, -0.15) is 0 Å². The van der Waals surface area contributed by atoms with Crippen LogP contribution in [0.2, 0.25) is 0 Å². The monoisotopic (exact) mass is 328 g/mol. The fraction of sp³-hybridized carbons (Fsp3) is 0.235. The molecule has 2 aromatic carbocycles. The number of sulfone groups is 1. The first kappa shape index (κ1) is 14.3. The van der Waals surface area contributed by atoms with Crippen LogP contribution < -0.4 is 5.69 Å². The van der Waals surface area contributed by atoms with Gasteiger partial charge >= 0.3 is 5.69 Å². The molecule has 4 rings (SSSR count). The van der Waals surface area contributed by atoms with Crippen LogP contribution in [0.3, 0.4) is 0 Å². The summed E-state index contributed by atoms with van der Waals surface area (Å²) < 4.78 is 27.4. The van der Waals surface area contributed by atoms with Crippen molar-refractivity contribution in [2.24, 2.45) is 7.05 Å². The van der Waals surface area contributed by atoms with Crippen molar-refractivity contribution in [2.75, 3.05) is 5.75 Å². The van der Waals surface area contributed by atoms with Crippen molar-refractivity contribution >= 4 is 20.9 Å². The van der Waals surface area contributed by atoms with E-state index in [1.807, 2.05) is 36.4 Å². The van der Waals surface area contributed by atoms with Crippen LogP contribution in [0.25, 0.3) is 11.0 Å². The summed E-state index contributed by atoms with van der Waals surface area (Å²) in [5, 5.41) is 0. The van der Waals surface area contributed by atoms with Gasteiger partial charge in [0.2, 0.25) is 0 Å².